The van der Waals surface area contributed by atoms with Crippen LogP contribution >= 0.6 is 11.3 Å². The van der Waals surface area contributed by atoms with Crippen LogP contribution in [0.2, 0.25) is 0 Å². The summed E-state index contributed by atoms with van der Waals surface area (Å²) in [5.41, 5.74) is 0.435. The number of halogens is 5. The van der Waals surface area contributed by atoms with E-state index in [-0.39, 0.29) is 28.9 Å². The second kappa shape index (κ2) is 9.17. The van der Waals surface area contributed by atoms with E-state index in [1.54, 1.807) is 12.3 Å². The molecule has 1 N–H and O–H groups in total. The SMILES string of the molecule is CC(C)Cc1cc(C(=O)Nc2nc3ccc(F)cc3s2)n(Cc2ccc(F)c(C(F)(F)F)c2)c1. The lowest BCUT2D eigenvalue weighted by molar-refractivity contribution is -0.140. The first kappa shape index (κ1) is 23.9. The minimum atomic E-state index is -4.83. The number of carbonyl (C=O) groups is 1. The van der Waals surface area contributed by atoms with Gasteiger partial charge in [0.2, 0.25) is 0 Å². The molecule has 34 heavy (non-hydrogen) atoms. The molecule has 0 radical (unpaired) electrons. The number of carbonyl (C=O) groups excluding carboxylic acids is 1. The predicted molar refractivity (Wildman–Crippen MR) is 121 cm³/mol. The zero-order valence-electron chi connectivity index (χ0n) is 18.2. The number of thiazole rings is 1. The van der Waals surface area contributed by atoms with E-state index in [0.717, 1.165) is 29.0 Å². The topological polar surface area (TPSA) is 46.9 Å². The number of alkyl halides is 3. The van der Waals surface area contributed by atoms with Gasteiger partial charge >= 0.3 is 6.18 Å². The van der Waals surface area contributed by atoms with E-state index in [2.05, 4.69) is 10.3 Å². The van der Waals surface area contributed by atoms with Crippen LogP contribution in [0.3, 0.4) is 0 Å². The van der Waals surface area contributed by atoms with Gasteiger partial charge in [-0.05, 0) is 59.9 Å². The van der Waals surface area contributed by atoms with Gasteiger partial charge in [0.15, 0.2) is 5.13 Å². The van der Waals surface area contributed by atoms with Crippen molar-refractivity contribution in [3.63, 3.8) is 0 Å². The van der Waals surface area contributed by atoms with Crippen LogP contribution in [0.25, 0.3) is 10.2 Å². The van der Waals surface area contributed by atoms with Crippen molar-refractivity contribution in [2.24, 2.45) is 5.92 Å². The van der Waals surface area contributed by atoms with Crippen molar-refractivity contribution in [2.75, 3.05) is 5.32 Å². The number of fused-ring (bicyclic) bond motifs is 1. The molecule has 2 heterocycles. The molecule has 1 amide bonds. The molecule has 0 bridgehead atoms. The van der Waals surface area contributed by atoms with Crippen molar-refractivity contribution in [1.82, 2.24) is 9.55 Å². The molecule has 0 saturated carbocycles. The minimum absolute atomic E-state index is 0.0603. The molecule has 0 aliphatic heterocycles. The Morgan fingerprint density at radius 3 is 2.56 bits per heavy atom. The summed E-state index contributed by atoms with van der Waals surface area (Å²) < 4.78 is 68.7. The number of hydrogen-bond acceptors (Lipinski definition) is 3. The summed E-state index contributed by atoms with van der Waals surface area (Å²) >= 11 is 1.11. The number of amides is 1. The van der Waals surface area contributed by atoms with Crippen molar-refractivity contribution in [3.8, 4) is 0 Å². The summed E-state index contributed by atoms with van der Waals surface area (Å²) in [6, 6.07) is 8.56. The van der Waals surface area contributed by atoms with Crippen LogP contribution in [0.1, 0.15) is 41.0 Å². The lowest BCUT2D eigenvalue weighted by Crippen LogP contribution is -2.17. The molecular weight excluding hydrogens is 473 g/mol. The highest BCUT2D eigenvalue weighted by Gasteiger charge is 2.34. The van der Waals surface area contributed by atoms with E-state index in [1.807, 2.05) is 13.8 Å². The Kier molecular flexibility index (Phi) is 6.44. The first-order chi connectivity index (χ1) is 16.0. The summed E-state index contributed by atoms with van der Waals surface area (Å²) in [5, 5.41) is 2.96. The van der Waals surface area contributed by atoms with Crippen LogP contribution in [-0.4, -0.2) is 15.5 Å². The molecule has 10 heteroatoms. The zero-order chi connectivity index (χ0) is 24.6. The third-order valence-electron chi connectivity index (χ3n) is 5.09. The maximum atomic E-state index is 13.7. The highest BCUT2D eigenvalue weighted by molar-refractivity contribution is 7.22. The Morgan fingerprint density at radius 1 is 1.09 bits per heavy atom. The van der Waals surface area contributed by atoms with E-state index in [0.29, 0.717) is 16.6 Å². The lowest BCUT2D eigenvalue weighted by atomic mass is 10.1. The van der Waals surface area contributed by atoms with Crippen LogP contribution in [0, 0.1) is 17.6 Å². The van der Waals surface area contributed by atoms with Gasteiger partial charge in [0.25, 0.3) is 5.91 Å². The second-order valence-corrected chi connectivity index (χ2v) is 9.39. The third kappa shape index (κ3) is 5.27. The first-order valence-electron chi connectivity index (χ1n) is 10.4. The van der Waals surface area contributed by atoms with Crippen molar-refractivity contribution in [3.05, 3.63) is 82.7 Å². The maximum Gasteiger partial charge on any atom is 0.419 e. The predicted octanol–water partition coefficient (Wildman–Crippen LogP) is 6.89. The van der Waals surface area contributed by atoms with Crippen molar-refractivity contribution in [2.45, 2.75) is 33.0 Å². The lowest BCUT2D eigenvalue weighted by Gasteiger charge is -2.12. The summed E-state index contributed by atoms with van der Waals surface area (Å²) in [6.07, 6.45) is -2.46. The Labute approximate surface area is 196 Å². The Hall–Kier alpha value is -3.27. The molecular formula is C24H20F5N3OS. The van der Waals surface area contributed by atoms with E-state index >= 15 is 0 Å². The van der Waals surface area contributed by atoms with E-state index in [9.17, 15) is 26.7 Å². The number of nitrogens with one attached hydrogen (secondary N) is 1. The van der Waals surface area contributed by atoms with Gasteiger partial charge in [0.05, 0.1) is 15.8 Å². The van der Waals surface area contributed by atoms with Gasteiger partial charge in [-0.1, -0.05) is 31.3 Å². The Morgan fingerprint density at radius 2 is 1.85 bits per heavy atom. The standard InChI is InChI=1S/C24H20F5N3OS/c1-13(2)7-15-9-20(22(33)31-23-30-19-6-4-16(25)10-21(19)34-23)32(12-15)11-14-3-5-18(26)17(8-14)24(27,28)29/h3-6,8-10,12-13H,7,11H2,1-2H3,(H,30,31,33). The number of rotatable bonds is 6. The average molecular weight is 494 g/mol. The molecule has 4 nitrogen and oxygen atoms in total. The molecule has 2 aromatic heterocycles. The van der Waals surface area contributed by atoms with Gasteiger partial charge in [-0.2, -0.15) is 13.2 Å². The van der Waals surface area contributed by atoms with Gasteiger partial charge < -0.3 is 4.57 Å². The number of anilines is 1. The molecule has 0 aliphatic carbocycles. The summed E-state index contributed by atoms with van der Waals surface area (Å²) in [6.45, 7) is 3.95. The van der Waals surface area contributed by atoms with Crippen LogP contribution in [0.5, 0.6) is 0 Å². The molecule has 0 unspecified atom stereocenters. The number of aromatic nitrogens is 2. The van der Waals surface area contributed by atoms with E-state index in [4.69, 9.17) is 0 Å². The fraction of sp³-hybridized carbons (Fsp3) is 0.250. The molecule has 4 aromatic rings. The Balaban J connectivity index is 1.65. The number of hydrogen-bond donors (Lipinski definition) is 1. The fourth-order valence-corrected chi connectivity index (χ4v) is 4.56. The van der Waals surface area contributed by atoms with Gasteiger partial charge in [0.1, 0.15) is 17.3 Å². The fourth-order valence-electron chi connectivity index (χ4n) is 3.67. The molecule has 4 rings (SSSR count). The monoisotopic (exact) mass is 493 g/mol. The first-order valence-corrected chi connectivity index (χ1v) is 11.2. The van der Waals surface area contributed by atoms with E-state index in [1.165, 1.54) is 28.8 Å². The maximum absolute atomic E-state index is 13.7. The van der Waals surface area contributed by atoms with Gasteiger partial charge in [-0.15, -0.1) is 0 Å². The summed E-state index contributed by atoms with van der Waals surface area (Å²) in [4.78, 5) is 17.3. The van der Waals surface area contributed by atoms with Crippen LogP contribution < -0.4 is 5.32 Å². The quantitative estimate of drug-likeness (QED) is 0.297. The van der Waals surface area contributed by atoms with Gasteiger partial charge in [-0.25, -0.2) is 13.8 Å². The average Bonchev–Trinajstić information content (AvgIpc) is 3.30. The number of benzene rings is 2. The smallest absolute Gasteiger partial charge is 0.339 e. The zero-order valence-corrected chi connectivity index (χ0v) is 19.0. The van der Waals surface area contributed by atoms with E-state index < -0.39 is 29.3 Å². The van der Waals surface area contributed by atoms with Gasteiger partial charge in [-0.3, -0.25) is 10.1 Å². The Bertz CT molecular complexity index is 1360. The number of nitrogens with zero attached hydrogens (tertiary/aromatic N) is 2. The normalized spacial score (nSPS) is 12.0. The largest absolute Gasteiger partial charge is 0.419 e. The highest BCUT2D eigenvalue weighted by Crippen LogP contribution is 2.32. The molecule has 0 aliphatic rings. The molecule has 0 atom stereocenters. The minimum Gasteiger partial charge on any atom is -0.339 e. The highest BCUT2D eigenvalue weighted by atomic mass is 32.1. The van der Waals surface area contributed by atoms with Crippen LogP contribution in [0.15, 0.2) is 48.7 Å². The van der Waals surface area contributed by atoms with Crippen molar-refractivity contribution >= 4 is 32.6 Å². The molecule has 0 saturated heterocycles. The van der Waals surface area contributed by atoms with Crippen molar-refractivity contribution < 1.29 is 26.7 Å². The van der Waals surface area contributed by atoms with Crippen molar-refractivity contribution in [1.29, 1.82) is 0 Å². The van der Waals surface area contributed by atoms with Gasteiger partial charge in [0, 0.05) is 12.7 Å². The molecule has 0 spiro atoms. The van der Waals surface area contributed by atoms with Crippen LogP contribution in [-0.2, 0) is 19.1 Å². The molecule has 178 valence electrons. The summed E-state index contributed by atoms with van der Waals surface area (Å²) in [7, 11) is 0. The summed E-state index contributed by atoms with van der Waals surface area (Å²) in [5.74, 6) is -1.99. The second-order valence-electron chi connectivity index (χ2n) is 8.36. The third-order valence-corrected chi connectivity index (χ3v) is 6.02. The van der Waals surface area contributed by atoms with Crippen LogP contribution in [0.4, 0.5) is 27.1 Å². The molecule has 2 aromatic carbocycles. The molecule has 0 fully saturated rings.